The number of carbonyl (C=O) groups is 2. The molecule has 2 aromatic carbocycles. The number of nitrogens with one attached hydrogen (secondary N) is 2. The van der Waals surface area contributed by atoms with Gasteiger partial charge in [0.25, 0.3) is 5.69 Å². The van der Waals surface area contributed by atoms with E-state index in [0.717, 1.165) is 22.4 Å². The average molecular weight is 419 g/mol. The van der Waals surface area contributed by atoms with Crippen LogP contribution < -0.4 is 10.6 Å². The van der Waals surface area contributed by atoms with E-state index >= 15 is 0 Å². The molecule has 0 bridgehead atoms. The standard InChI is InChI=1S/C20H23ClN4O4/c1-12-7-13(2)20(14(3)8-12)23-19(27)11-24(4)10-18(26)22-15-5-6-16(21)17(9-15)25(28)29/h5-9H,10-11H2,1-4H3,(H,22,26)(H,23,27). The van der Waals surface area contributed by atoms with Gasteiger partial charge in [0.05, 0.1) is 18.0 Å². The quantitative estimate of drug-likeness (QED) is 0.527. The molecule has 9 heteroatoms. The summed E-state index contributed by atoms with van der Waals surface area (Å²) in [5.74, 6) is -0.642. The molecule has 0 spiro atoms. The minimum absolute atomic E-state index is 0.0107. The molecule has 0 heterocycles. The van der Waals surface area contributed by atoms with Crippen LogP contribution in [-0.4, -0.2) is 41.8 Å². The van der Waals surface area contributed by atoms with Crippen molar-refractivity contribution in [3.63, 3.8) is 0 Å². The summed E-state index contributed by atoms with van der Waals surface area (Å²) in [7, 11) is 1.64. The van der Waals surface area contributed by atoms with Crippen molar-refractivity contribution < 1.29 is 14.5 Å². The van der Waals surface area contributed by atoms with Crippen LogP contribution in [0.25, 0.3) is 0 Å². The molecule has 2 N–H and O–H groups in total. The first kappa shape index (κ1) is 22.3. The molecular weight excluding hydrogens is 396 g/mol. The first-order valence-electron chi connectivity index (χ1n) is 8.87. The monoisotopic (exact) mass is 418 g/mol. The summed E-state index contributed by atoms with van der Waals surface area (Å²) < 4.78 is 0. The van der Waals surface area contributed by atoms with Crippen LogP contribution in [0.5, 0.6) is 0 Å². The molecule has 8 nitrogen and oxygen atoms in total. The second kappa shape index (κ2) is 9.49. The van der Waals surface area contributed by atoms with E-state index in [1.807, 2.05) is 32.9 Å². The zero-order chi connectivity index (χ0) is 21.7. The molecule has 0 radical (unpaired) electrons. The molecule has 0 aliphatic rings. The van der Waals surface area contributed by atoms with Crippen LogP contribution in [0.4, 0.5) is 17.1 Å². The van der Waals surface area contributed by atoms with Crippen molar-refractivity contribution in [2.45, 2.75) is 20.8 Å². The number of halogens is 1. The van der Waals surface area contributed by atoms with Gasteiger partial charge < -0.3 is 10.6 Å². The predicted molar refractivity (Wildman–Crippen MR) is 114 cm³/mol. The molecule has 0 aliphatic heterocycles. The maximum Gasteiger partial charge on any atom is 0.289 e. The fraction of sp³-hybridized carbons (Fsp3) is 0.300. The first-order valence-corrected chi connectivity index (χ1v) is 9.24. The first-order chi connectivity index (χ1) is 13.6. The van der Waals surface area contributed by atoms with E-state index in [1.54, 1.807) is 11.9 Å². The Bertz CT molecular complexity index is 938. The van der Waals surface area contributed by atoms with Crippen molar-refractivity contribution in [3.8, 4) is 0 Å². The number of carbonyl (C=O) groups excluding carboxylic acids is 2. The van der Waals surface area contributed by atoms with Gasteiger partial charge in [-0.1, -0.05) is 29.3 Å². The molecule has 29 heavy (non-hydrogen) atoms. The molecule has 0 unspecified atom stereocenters. The minimum atomic E-state index is -0.622. The zero-order valence-corrected chi connectivity index (χ0v) is 17.5. The smallest absolute Gasteiger partial charge is 0.289 e. The summed E-state index contributed by atoms with van der Waals surface area (Å²) in [5.41, 5.74) is 3.80. The molecule has 2 aromatic rings. The minimum Gasteiger partial charge on any atom is -0.325 e. The highest BCUT2D eigenvalue weighted by Gasteiger charge is 2.16. The fourth-order valence-corrected chi connectivity index (χ4v) is 3.22. The maximum absolute atomic E-state index is 12.3. The van der Waals surface area contributed by atoms with Gasteiger partial charge in [-0.2, -0.15) is 0 Å². The van der Waals surface area contributed by atoms with Crippen LogP contribution in [0.3, 0.4) is 0 Å². The van der Waals surface area contributed by atoms with Crippen molar-refractivity contribution >= 4 is 40.5 Å². The lowest BCUT2D eigenvalue weighted by Gasteiger charge is -2.18. The molecule has 2 amide bonds. The number of benzene rings is 2. The van der Waals surface area contributed by atoms with Crippen molar-refractivity contribution in [1.82, 2.24) is 4.90 Å². The van der Waals surface area contributed by atoms with Crippen LogP contribution in [0.2, 0.25) is 5.02 Å². The van der Waals surface area contributed by atoms with E-state index in [4.69, 9.17) is 11.6 Å². The lowest BCUT2D eigenvalue weighted by molar-refractivity contribution is -0.384. The number of rotatable bonds is 7. The Morgan fingerprint density at radius 1 is 1.03 bits per heavy atom. The van der Waals surface area contributed by atoms with Gasteiger partial charge in [0, 0.05) is 17.4 Å². The van der Waals surface area contributed by atoms with Crippen molar-refractivity contribution in [2.75, 3.05) is 30.8 Å². The normalized spacial score (nSPS) is 10.7. The van der Waals surface area contributed by atoms with Crippen LogP contribution in [-0.2, 0) is 9.59 Å². The largest absolute Gasteiger partial charge is 0.325 e. The average Bonchev–Trinajstić information content (AvgIpc) is 2.59. The highest BCUT2D eigenvalue weighted by atomic mass is 35.5. The van der Waals surface area contributed by atoms with Gasteiger partial charge in [0.1, 0.15) is 5.02 Å². The van der Waals surface area contributed by atoms with E-state index in [1.165, 1.54) is 18.2 Å². The zero-order valence-electron chi connectivity index (χ0n) is 16.7. The van der Waals surface area contributed by atoms with E-state index in [2.05, 4.69) is 10.6 Å². The Morgan fingerprint density at radius 2 is 1.59 bits per heavy atom. The van der Waals surface area contributed by atoms with Crippen LogP contribution in [0.1, 0.15) is 16.7 Å². The third-order valence-corrected chi connectivity index (χ3v) is 4.51. The summed E-state index contributed by atoms with van der Waals surface area (Å²) in [4.78, 5) is 36.4. The van der Waals surface area contributed by atoms with E-state index in [-0.39, 0.29) is 35.4 Å². The molecule has 0 atom stereocenters. The van der Waals surface area contributed by atoms with Crippen LogP contribution >= 0.6 is 11.6 Å². The Labute approximate surface area is 174 Å². The Morgan fingerprint density at radius 3 is 2.14 bits per heavy atom. The topological polar surface area (TPSA) is 105 Å². The van der Waals surface area contributed by atoms with Crippen LogP contribution in [0, 0.1) is 30.9 Å². The lowest BCUT2D eigenvalue weighted by atomic mass is 10.1. The number of nitrogens with zero attached hydrogens (tertiary/aromatic N) is 2. The number of likely N-dealkylation sites (N-methyl/N-ethyl adjacent to an activating group) is 1. The molecule has 0 fully saturated rings. The Hall–Kier alpha value is -2.97. The Kier molecular flexibility index (Phi) is 7.30. The van der Waals surface area contributed by atoms with Crippen molar-refractivity contribution in [1.29, 1.82) is 0 Å². The highest BCUT2D eigenvalue weighted by Crippen LogP contribution is 2.27. The van der Waals surface area contributed by atoms with Gasteiger partial charge in [-0.15, -0.1) is 0 Å². The Balaban J connectivity index is 1.93. The predicted octanol–water partition coefficient (Wildman–Crippen LogP) is 3.68. The molecule has 0 aliphatic carbocycles. The number of amides is 2. The molecule has 0 aromatic heterocycles. The number of hydrogen-bond acceptors (Lipinski definition) is 5. The maximum atomic E-state index is 12.3. The third-order valence-electron chi connectivity index (χ3n) is 4.20. The van der Waals surface area contributed by atoms with E-state index in [0.29, 0.717) is 0 Å². The molecular formula is C20H23ClN4O4. The van der Waals surface area contributed by atoms with Gasteiger partial charge in [0.15, 0.2) is 0 Å². The number of aryl methyl sites for hydroxylation is 3. The molecule has 0 saturated heterocycles. The van der Waals surface area contributed by atoms with Gasteiger partial charge in [0.2, 0.25) is 11.8 Å². The molecule has 2 rings (SSSR count). The SMILES string of the molecule is Cc1cc(C)c(NC(=O)CN(C)CC(=O)Nc2ccc(Cl)c([N+](=O)[O-])c2)c(C)c1. The second-order valence-corrected chi connectivity index (χ2v) is 7.37. The number of nitro groups is 1. The summed E-state index contributed by atoms with van der Waals surface area (Å²) in [5, 5.41) is 16.4. The van der Waals surface area contributed by atoms with Gasteiger partial charge in [-0.3, -0.25) is 24.6 Å². The van der Waals surface area contributed by atoms with Gasteiger partial charge in [-0.25, -0.2) is 0 Å². The van der Waals surface area contributed by atoms with Crippen molar-refractivity contribution in [2.24, 2.45) is 0 Å². The summed E-state index contributed by atoms with van der Waals surface area (Å²) >= 11 is 5.76. The van der Waals surface area contributed by atoms with Crippen LogP contribution in [0.15, 0.2) is 30.3 Å². The van der Waals surface area contributed by atoms with E-state index < -0.39 is 10.8 Å². The summed E-state index contributed by atoms with van der Waals surface area (Å²) in [6.07, 6.45) is 0. The number of hydrogen-bond donors (Lipinski definition) is 2. The molecule has 0 saturated carbocycles. The van der Waals surface area contributed by atoms with Gasteiger partial charge in [-0.05, 0) is 51.1 Å². The second-order valence-electron chi connectivity index (χ2n) is 6.97. The van der Waals surface area contributed by atoms with E-state index in [9.17, 15) is 19.7 Å². The third kappa shape index (κ3) is 6.27. The highest BCUT2D eigenvalue weighted by molar-refractivity contribution is 6.32. The fourth-order valence-electron chi connectivity index (χ4n) is 3.03. The van der Waals surface area contributed by atoms with Gasteiger partial charge >= 0.3 is 0 Å². The summed E-state index contributed by atoms with van der Waals surface area (Å²) in [6, 6.07) is 7.99. The lowest BCUT2D eigenvalue weighted by Crippen LogP contribution is -2.36. The summed E-state index contributed by atoms with van der Waals surface area (Å²) in [6.45, 7) is 5.81. The molecule has 154 valence electrons. The number of nitro benzene ring substituents is 1. The van der Waals surface area contributed by atoms with Crippen molar-refractivity contribution in [3.05, 3.63) is 62.2 Å². The number of anilines is 2.